The van der Waals surface area contributed by atoms with Gasteiger partial charge in [0.15, 0.2) is 0 Å². The number of nitrogens with zero attached hydrogens (tertiary/aromatic N) is 3. The molecule has 0 spiro atoms. The molecule has 0 aliphatic carbocycles. The highest BCUT2D eigenvalue weighted by atomic mass is 16.2. The van der Waals surface area contributed by atoms with Crippen LogP contribution < -0.4 is 10.6 Å². The van der Waals surface area contributed by atoms with Crippen molar-refractivity contribution in [3.05, 3.63) is 18.5 Å². The van der Waals surface area contributed by atoms with Crippen molar-refractivity contribution < 1.29 is 4.79 Å². The summed E-state index contributed by atoms with van der Waals surface area (Å²) in [7, 11) is 0. The number of rotatable bonds is 1. The van der Waals surface area contributed by atoms with Gasteiger partial charge in [0.1, 0.15) is 0 Å². The number of pyridine rings is 1. The molecule has 1 aromatic rings. The second kappa shape index (κ2) is 3.91. The van der Waals surface area contributed by atoms with Crippen molar-refractivity contribution in [3.8, 4) is 0 Å². The van der Waals surface area contributed by atoms with Crippen LogP contribution in [0.2, 0.25) is 0 Å². The topological polar surface area (TPSA) is 62.5 Å². The van der Waals surface area contributed by atoms with E-state index in [0.717, 1.165) is 31.7 Å². The molecule has 2 N–H and O–H groups in total. The van der Waals surface area contributed by atoms with Gasteiger partial charge in [-0.15, -0.1) is 0 Å². The Morgan fingerprint density at radius 3 is 3.12 bits per heavy atom. The van der Waals surface area contributed by atoms with Crippen molar-refractivity contribution in [1.82, 2.24) is 9.88 Å². The number of hydrogen-bond donors (Lipinski definition) is 1. The van der Waals surface area contributed by atoms with Crippen molar-refractivity contribution in [3.63, 3.8) is 0 Å². The number of fused-ring (bicyclic) bond motifs is 1. The molecule has 0 bridgehead atoms. The largest absolute Gasteiger partial charge is 0.396 e. The molecule has 1 amide bonds. The number of nitrogen functional groups attached to an aromatic ring is 1. The second-order valence-corrected chi connectivity index (χ2v) is 4.66. The van der Waals surface area contributed by atoms with Gasteiger partial charge in [-0.2, -0.15) is 0 Å². The average molecular weight is 232 g/mol. The Morgan fingerprint density at radius 1 is 1.41 bits per heavy atom. The molecule has 1 atom stereocenters. The fourth-order valence-corrected chi connectivity index (χ4v) is 2.77. The molecular formula is C12H16N4O. The molecule has 0 saturated carbocycles. The maximum atomic E-state index is 11.6. The van der Waals surface area contributed by atoms with Crippen LogP contribution in [-0.2, 0) is 4.79 Å². The third kappa shape index (κ3) is 1.71. The molecule has 2 aliphatic heterocycles. The van der Waals surface area contributed by atoms with Gasteiger partial charge in [0.05, 0.1) is 17.6 Å². The van der Waals surface area contributed by atoms with E-state index >= 15 is 0 Å². The van der Waals surface area contributed by atoms with E-state index in [1.807, 2.05) is 11.0 Å². The number of piperazine rings is 1. The molecule has 3 rings (SSSR count). The number of carbonyl (C=O) groups excluding carboxylic acids is 1. The van der Waals surface area contributed by atoms with E-state index in [9.17, 15) is 4.79 Å². The Bertz CT molecular complexity index is 448. The van der Waals surface area contributed by atoms with Gasteiger partial charge in [0.2, 0.25) is 5.91 Å². The van der Waals surface area contributed by atoms with Crippen LogP contribution in [0.5, 0.6) is 0 Å². The lowest BCUT2D eigenvalue weighted by Crippen LogP contribution is -2.51. The molecule has 5 heteroatoms. The highest BCUT2D eigenvalue weighted by Gasteiger charge is 2.35. The van der Waals surface area contributed by atoms with Gasteiger partial charge >= 0.3 is 0 Å². The molecule has 17 heavy (non-hydrogen) atoms. The third-order valence-electron chi connectivity index (χ3n) is 3.66. The summed E-state index contributed by atoms with van der Waals surface area (Å²) in [4.78, 5) is 19.9. The van der Waals surface area contributed by atoms with E-state index in [4.69, 9.17) is 5.73 Å². The molecule has 1 aromatic heterocycles. The molecule has 0 radical (unpaired) electrons. The van der Waals surface area contributed by atoms with Gasteiger partial charge < -0.3 is 15.5 Å². The fraction of sp³-hybridized carbons (Fsp3) is 0.500. The summed E-state index contributed by atoms with van der Waals surface area (Å²) in [5.41, 5.74) is 7.69. The molecule has 0 aromatic carbocycles. The highest BCUT2D eigenvalue weighted by molar-refractivity contribution is 5.79. The van der Waals surface area contributed by atoms with Gasteiger partial charge in [-0.1, -0.05) is 0 Å². The molecule has 2 aliphatic rings. The van der Waals surface area contributed by atoms with Gasteiger partial charge in [-0.3, -0.25) is 9.78 Å². The number of nitrogens with two attached hydrogens (primary N) is 1. The lowest BCUT2D eigenvalue weighted by atomic mass is 10.1. The quantitative estimate of drug-likeness (QED) is 0.764. The van der Waals surface area contributed by atoms with E-state index in [1.54, 1.807) is 12.4 Å². The fourth-order valence-electron chi connectivity index (χ4n) is 2.77. The first-order valence-electron chi connectivity index (χ1n) is 5.99. The van der Waals surface area contributed by atoms with Crippen molar-refractivity contribution in [1.29, 1.82) is 0 Å². The number of hydrogen-bond acceptors (Lipinski definition) is 4. The van der Waals surface area contributed by atoms with E-state index in [0.29, 0.717) is 24.1 Å². The van der Waals surface area contributed by atoms with E-state index < -0.39 is 0 Å². The molecule has 2 fully saturated rings. The van der Waals surface area contributed by atoms with Gasteiger partial charge in [0.25, 0.3) is 0 Å². The second-order valence-electron chi connectivity index (χ2n) is 4.66. The molecule has 90 valence electrons. The Kier molecular flexibility index (Phi) is 2.39. The first kappa shape index (κ1) is 10.4. The van der Waals surface area contributed by atoms with Crippen molar-refractivity contribution in [2.24, 2.45) is 0 Å². The maximum absolute atomic E-state index is 11.6. The Morgan fingerprint density at radius 2 is 2.29 bits per heavy atom. The molecular weight excluding hydrogens is 216 g/mol. The van der Waals surface area contributed by atoms with Gasteiger partial charge in [-0.05, 0) is 12.5 Å². The summed E-state index contributed by atoms with van der Waals surface area (Å²) in [5, 5.41) is 0. The minimum Gasteiger partial charge on any atom is -0.396 e. The number of anilines is 2. The van der Waals surface area contributed by atoms with Crippen LogP contribution in [0.25, 0.3) is 0 Å². The van der Waals surface area contributed by atoms with Crippen LogP contribution >= 0.6 is 0 Å². The lowest BCUT2D eigenvalue weighted by molar-refractivity contribution is -0.129. The number of carbonyl (C=O) groups is 1. The summed E-state index contributed by atoms with van der Waals surface area (Å²) >= 11 is 0. The van der Waals surface area contributed by atoms with Crippen molar-refractivity contribution in [2.45, 2.75) is 18.9 Å². The maximum Gasteiger partial charge on any atom is 0.223 e. The van der Waals surface area contributed by atoms with E-state index in [1.165, 1.54) is 0 Å². The average Bonchev–Trinajstić information content (AvgIpc) is 2.71. The lowest BCUT2D eigenvalue weighted by Gasteiger charge is -2.39. The molecule has 0 unspecified atom stereocenters. The Labute approximate surface area is 100 Å². The summed E-state index contributed by atoms with van der Waals surface area (Å²) in [6.07, 6.45) is 5.12. The summed E-state index contributed by atoms with van der Waals surface area (Å²) in [6, 6.07) is 2.31. The predicted molar refractivity (Wildman–Crippen MR) is 65.6 cm³/mol. The standard InChI is InChI=1S/C12H16N4O/c13-10-7-14-4-3-11(10)15-5-6-16-9(8-15)1-2-12(16)17/h3-4,7,9H,1-2,5-6,8,13H2/t9-/m0/s1. The molecule has 5 nitrogen and oxygen atoms in total. The van der Waals surface area contributed by atoms with Crippen LogP contribution in [0.15, 0.2) is 18.5 Å². The monoisotopic (exact) mass is 232 g/mol. The van der Waals surface area contributed by atoms with Crippen molar-refractivity contribution >= 4 is 17.3 Å². The van der Waals surface area contributed by atoms with Crippen LogP contribution in [0.3, 0.4) is 0 Å². The van der Waals surface area contributed by atoms with Gasteiger partial charge in [-0.25, -0.2) is 0 Å². The zero-order valence-electron chi connectivity index (χ0n) is 9.67. The number of aromatic nitrogens is 1. The first-order valence-corrected chi connectivity index (χ1v) is 5.99. The SMILES string of the molecule is Nc1cnccc1N1CCN2C(=O)CC[C@H]2C1. The van der Waals surface area contributed by atoms with Crippen LogP contribution in [0.4, 0.5) is 11.4 Å². The van der Waals surface area contributed by atoms with Crippen LogP contribution in [-0.4, -0.2) is 41.5 Å². The molecule has 2 saturated heterocycles. The highest BCUT2D eigenvalue weighted by Crippen LogP contribution is 2.28. The third-order valence-corrected chi connectivity index (χ3v) is 3.66. The Balaban J connectivity index is 1.80. The zero-order chi connectivity index (χ0) is 11.8. The van der Waals surface area contributed by atoms with Crippen molar-refractivity contribution in [2.75, 3.05) is 30.3 Å². The summed E-state index contributed by atoms with van der Waals surface area (Å²) in [5.74, 6) is 0.303. The molecule has 3 heterocycles. The predicted octanol–water partition coefficient (Wildman–Crippen LogP) is 0.475. The minimum absolute atomic E-state index is 0.303. The Hall–Kier alpha value is -1.78. The van der Waals surface area contributed by atoms with Crippen LogP contribution in [0.1, 0.15) is 12.8 Å². The summed E-state index contributed by atoms with van der Waals surface area (Å²) in [6.45, 7) is 2.56. The normalized spacial score (nSPS) is 24.0. The minimum atomic E-state index is 0.303. The van der Waals surface area contributed by atoms with Crippen LogP contribution in [0, 0.1) is 0 Å². The number of amides is 1. The first-order chi connectivity index (χ1) is 8.25. The summed E-state index contributed by atoms with van der Waals surface area (Å²) < 4.78 is 0. The smallest absolute Gasteiger partial charge is 0.223 e. The van der Waals surface area contributed by atoms with Gasteiger partial charge in [0, 0.05) is 38.3 Å². The zero-order valence-corrected chi connectivity index (χ0v) is 9.67. The van der Waals surface area contributed by atoms with E-state index in [-0.39, 0.29) is 0 Å². The van der Waals surface area contributed by atoms with E-state index in [2.05, 4.69) is 9.88 Å².